The smallest absolute Gasteiger partial charge is 0.391 e. The van der Waals surface area contributed by atoms with Crippen LogP contribution in [0.2, 0.25) is 0 Å². The molecule has 1 aliphatic rings. The number of alkyl halides is 3. The van der Waals surface area contributed by atoms with Gasteiger partial charge in [-0.25, -0.2) is 0 Å². The maximum Gasteiger partial charge on any atom is 0.391 e. The van der Waals surface area contributed by atoms with Crippen LogP contribution in [0.4, 0.5) is 13.2 Å². The standard InChI is InChI=1S/C12H22F3NO2/c1-18-8-11(6-7-17)16-10-4-2-9(3-5-10)12(13,14)15/h9-11,16-17H,2-8H2,1H3. The molecular formula is C12H22F3NO2. The van der Waals surface area contributed by atoms with E-state index in [0.29, 0.717) is 25.9 Å². The summed E-state index contributed by atoms with van der Waals surface area (Å²) < 4.78 is 42.5. The van der Waals surface area contributed by atoms with Crippen molar-refractivity contribution in [2.45, 2.75) is 50.4 Å². The molecule has 0 bridgehead atoms. The quantitative estimate of drug-likeness (QED) is 0.776. The molecule has 2 N–H and O–H groups in total. The highest BCUT2D eigenvalue weighted by Crippen LogP contribution is 2.37. The second-order valence-corrected chi connectivity index (χ2v) is 4.92. The van der Waals surface area contributed by atoms with Crippen molar-refractivity contribution in [2.24, 2.45) is 5.92 Å². The van der Waals surface area contributed by atoms with E-state index in [0.717, 1.165) is 0 Å². The molecule has 0 spiro atoms. The van der Waals surface area contributed by atoms with Gasteiger partial charge in [0.2, 0.25) is 0 Å². The number of aliphatic hydroxyl groups excluding tert-OH is 1. The van der Waals surface area contributed by atoms with Gasteiger partial charge in [0.1, 0.15) is 0 Å². The Morgan fingerprint density at radius 2 is 1.89 bits per heavy atom. The molecule has 108 valence electrons. The second kappa shape index (κ2) is 7.31. The first kappa shape index (κ1) is 15.7. The maximum atomic E-state index is 12.5. The minimum Gasteiger partial charge on any atom is -0.396 e. The minimum absolute atomic E-state index is 0.0208. The first-order valence-corrected chi connectivity index (χ1v) is 6.40. The molecular weight excluding hydrogens is 247 g/mol. The Bertz CT molecular complexity index is 222. The van der Waals surface area contributed by atoms with Gasteiger partial charge in [0, 0.05) is 25.8 Å². The summed E-state index contributed by atoms with van der Waals surface area (Å²) in [6.07, 6.45) is -2.03. The summed E-state index contributed by atoms with van der Waals surface area (Å²) in [5, 5.41) is 12.2. The summed E-state index contributed by atoms with van der Waals surface area (Å²) in [4.78, 5) is 0. The monoisotopic (exact) mass is 269 g/mol. The van der Waals surface area contributed by atoms with Crippen LogP contribution in [0.5, 0.6) is 0 Å². The van der Waals surface area contributed by atoms with Crippen molar-refractivity contribution in [3.05, 3.63) is 0 Å². The van der Waals surface area contributed by atoms with Crippen LogP contribution >= 0.6 is 0 Å². The van der Waals surface area contributed by atoms with E-state index in [1.54, 1.807) is 7.11 Å². The van der Waals surface area contributed by atoms with Gasteiger partial charge in [0.25, 0.3) is 0 Å². The molecule has 3 nitrogen and oxygen atoms in total. The lowest BCUT2D eigenvalue weighted by Gasteiger charge is -2.32. The maximum absolute atomic E-state index is 12.5. The predicted octanol–water partition coefficient (Wildman–Crippen LogP) is 2.09. The lowest BCUT2D eigenvalue weighted by atomic mass is 9.85. The topological polar surface area (TPSA) is 41.5 Å². The summed E-state index contributed by atoms with van der Waals surface area (Å²) in [5.41, 5.74) is 0. The Morgan fingerprint density at radius 3 is 2.33 bits per heavy atom. The third-order valence-corrected chi connectivity index (χ3v) is 3.51. The Kier molecular flexibility index (Phi) is 6.38. The Hall–Kier alpha value is -0.330. The second-order valence-electron chi connectivity index (χ2n) is 4.92. The molecule has 0 saturated heterocycles. The molecule has 0 aromatic rings. The van der Waals surface area contributed by atoms with E-state index in [-0.39, 0.29) is 31.5 Å². The van der Waals surface area contributed by atoms with Crippen LogP contribution in [-0.4, -0.2) is 43.7 Å². The summed E-state index contributed by atoms with van der Waals surface area (Å²) in [6.45, 7) is 0.526. The number of ether oxygens (including phenoxy) is 1. The van der Waals surface area contributed by atoms with Crippen LogP contribution in [0.25, 0.3) is 0 Å². The Morgan fingerprint density at radius 1 is 1.28 bits per heavy atom. The molecule has 6 heteroatoms. The zero-order valence-electron chi connectivity index (χ0n) is 10.7. The molecule has 1 aliphatic carbocycles. The van der Waals surface area contributed by atoms with Crippen molar-refractivity contribution in [2.75, 3.05) is 20.3 Å². The fourth-order valence-electron chi connectivity index (χ4n) is 2.49. The number of rotatable bonds is 6. The molecule has 0 aliphatic heterocycles. The molecule has 18 heavy (non-hydrogen) atoms. The van der Waals surface area contributed by atoms with Crippen molar-refractivity contribution in [1.29, 1.82) is 0 Å². The van der Waals surface area contributed by atoms with E-state index in [9.17, 15) is 13.2 Å². The largest absolute Gasteiger partial charge is 0.396 e. The Balaban J connectivity index is 2.33. The zero-order chi connectivity index (χ0) is 13.6. The number of methoxy groups -OCH3 is 1. The number of aliphatic hydroxyl groups is 1. The van der Waals surface area contributed by atoms with Crippen molar-refractivity contribution in [1.82, 2.24) is 5.32 Å². The van der Waals surface area contributed by atoms with Crippen molar-refractivity contribution in [3.8, 4) is 0 Å². The van der Waals surface area contributed by atoms with Crippen molar-refractivity contribution in [3.63, 3.8) is 0 Å². The van der Waals surface area contributed by atoms with Gasteiger partial charge in [-0.2, -0.15) is 13.2 Å². The van der Waals surface area contributed by atoms with E-state index < -0.39 is 12.1 Å². The molecule has 1 unspecified atom stereocenters. The molecule has 0 heterocycles. The van der Waals surface area contributed by atoms with E-state index in [1.807, 2.05) is 0 Å². The highest BCUT2D eigenvalue weighted by molar-refractivity contribution is 4.83. The minimum atomic E-state index is -4.05. The summed E-state index contributed by atoms with van der Waals surface area (Å²) in [6, 6.07) is 0.128. The summed E-state index contributed by atoms with van der Waals surface area (Å²) in [5.74, 6) is -1.14. The molecule has 1 saturated carbocycles. The van der Waals surface area contributed by atoms with Crippen LogP contribution in [-0.2, 0) is 4.74 Å². The molecule has 0 amide bonds. The molecule has 0 radical (unpaired) electrons. The first-order valence-electron chi connectivity index (χ1n) is 6.40. The molecule has 0 aromatic heterocycles. The summed E-state index contributed by atoms with van der Waals surface area (Å²) in [7, 11) is 1.58. The lowest BCUT2D eigenvalue weighted by Crippen LogP contribution is -2.44. The first-order chi connectivity index (χ1) is 8.47. The molecule has 1 fully saturated rings. The lowest BCUT2D eigenvalue weighted by molar-refractivity contribution is -0.182. The summed E-state index contributed by atoms with van der Waals surface area (Å²) >= 11 is 0. The molecule has 1 atom stereocenters. The van der Waals surface area contributed by atoms with Crippen LogP contribution in [0.1, 0.15) is 32.1 Å². The van der Waals surface area contributed by atoms with E-state index in [4.69, 9.17) is 9.84 Å². The third-order valence-electron chi connectivity index (χ3n) is 3.51. The van der Waals surface area contributed by atoms with Gasteiger partial charge in [-0.1, -0.05) is 0 Å². The highest BCUT2D eigenvalue weighted by atomic mass is 19.4. The Labute approximate surface area is 106 Å². The van der Waals surface area contributed by atoms with Crippen molar-refractivity contribution >= 4 is 0 Å². The van der Waals surface area contributed by atoms with Gasteiger partial charge in [-0.15, -0.1) is 0 Å². The number of hydrogen-bond donors (Lipinski definition) is 2. The van der Waals surface area contributed by atoms with E-state index >= 15 is 0 Å². The van der Waals surface area contributed by atoms with Crippen LogP contribution in [0.15, 0.2) is 0 Å². The number of nitrogens with one attached hydrogen (secondary N) is 1. The number of halogens is 3. The van der Waals surface area contributed by atoms with Gasteiger partial charge >= 0.3 is 6.18 Å². The highest BCUT2D eigenvalue weighted by Gasteiger charge is 2.41. The molecule has 1 rings (SSSR count). The van der Waals surface area contributed by atoms with Gasteiger partial charge in [0.15, 0.2) is 0 Å². The fraction of sp³-hybridized carbons (Fsp3) is 1.00. The molecule has 0 aromatic carbocycles. The fourth-order valence-corrected chi connectivity index (χ4v) is 2.49. The van der Waals surface area contributed by atoms with Crippen molar-refractivity contribution < 1.29 is 23.0 Å². The average Bonchev–Trinajstić information content (AvgIpc) is 2.29. The van der Waals surface area contributed by atoms with Crippen LogP contribution < -0.4 is 5.32 Å². The van der Waals surface area contributed by atoms with Gasteiger partial charge in [-0.3, -0.25) is 0 Å². The van der Waals surface area contributed by atoms with Gasteiger partial charge in [0.05, 0.1) is 12.5 Å². The van der Waals surface area contributed by atoms with Crippen LogP contribution in [0.3, 0.4) is 0 Å². The zero-order valence-corrected chi connectivity index (χ0v) is 10.7. The SMILES string of the molecule is COCC(CCO)NC1CCC(C(F)(F)F)CC1. The average molecular weight is 269 g/mol. The van der Waals surface area contributed by atoms with E-state index in [1.165, 1.54) is 0 Å². The van der Waals surface area contributed by atoms with Crippen LogP contribution in [0, 0.1) is 5.92 Å². The third kappa shape index (κ3) is 5.12. The van der Waals surface area contributed by atoms with Gasteiger partial charge in [-0.05, 0) is 32.1 Å². The van der Waals surface area contributed by atoms with E-state index in [2.05, 4.69) is 5.32 Å². The van der Waals surface area contributed by atoms with Gasteiger partial charge < -0.3 is 15.2 Å². The normalized spacial score (nSPS) is 27.2. The number of hydrogen-bond acceptors (Lipinski definition) is 3. The predicted molar refractivity (Wildman–Crippen MR) is 62.3 cm³/mol.